The number of ether oxygens (including phenoxy) is 1. The molecule has 2 aliphatic rings. The maximum atomic E-state index is 12.4. The normalized spacial score (nSPS) is 22.3. The zero-order valence-corrected chi connectivity index (χ0v) is 16.7. The van der Waals surface area contributed by atoms with Crippen LogP contribution in [0.3, 0.4) is 0 Å². The summed E-state index contributed by atoms with van der Waals surface area (Å²) >= 11 is 0. The van der Waals surface area contributed by atoms with E-state index < -0.39 is 5.41 Å². The smallest absolute Gasteiger partial charge is 0.313 e. The number of carbonyl (C=O) groups is 2. The topological polar surface area (TPSA) is 75.6 Å². The van der Waals surface area contributed by atoms with E-state index in [-0.39, 0.29) is 17.8 Å². The second kappa shape index (κ2) is 9.05. The van der Waals surface area contributed by atoms with Crippen LogP contribution in [0.2, 0.25) is 0 Å². The number of anilines is 1. The van der Waals surface area contributed by atoms with Crippen LogP contribution in [0, 0.1) is 11.3 Å². The van der Waals surface area contributed by atoms with E-state index >= 15 is 0 Å². The molecule has 5 heteroatoms. The van der Waals surface area contributed by atoms with Gasteiger partial charge in [0.05, 0.1) is 18.4 Å². The lowest BCUT2D eigenvalue weighted by molar-refractivity contribution is -0.146. The van der Waals surface area contributed by atoms with Gasteiger partial charge in [0, 0.05) is 18.7 Å². The summed E-state index contributed by atoms with van der Waals surface area (Å²) in [4.78, 5) is 24.6. The van der Waals surface area contributed by atoms with Gasteiger partial charge in [-0.2, -0.15) is 0 Å². The third kappa shape index (κ3) is 4.57. The molecular formula is C24H27NO4. The van der Waals surface area contributed by atoms with E-state index in [1.165, 1.54) is 0 Å². The molecule has 152 valence electrons. The molecule has 5 nitrogen and oxygen atoms in total. The number of aliphatic hydroxyl groups excluding tert-OH is 1. The van der Waals surface area contributed by atoms with Gasteiger partial charge in [-0.1, -0.05) is 54.6 Å². The average molecular weight is 393 g/mol. The van der Waals surface area contributed by atoms with Crippen LogP contribution >= 0.6 is 0 Å². The Morgan fingerprint density at radius 1 is 1.14 bits per heavy atom. The van der Waals surface area contributed by atoms with Gasteiger partial charge in [-0.3, -0.25) is 9.59 Å². The van der Waals surface area contributed by atoms with Crippen LogP contribution in [0.5, 0.6) is 0 Å². The van der Waals surface area contributed by atoms with Crippen molar-refractivity contribution in [2.24, 2.45) is 11.3 Å². The molecular weight excluding hydrogens is 366 g/mol. The Labute approximate surface area is 171 Å². The minimum absolute atomic E-state index is 0.0425. The Bertz CT molecular complexity index is 876. The second-order valence-electron chi connectivity index (χ2n) is 7.67. The first-order valence-corrected chi connectivity index (χ1v) is 9.76. The number of hydrogen-bond donors (Lipinski definition) is 2. The first-order valence-electron chi connectivity index (χ1n) is 9.76. The number of aliphatic hydroxyl groups is 1. The van der Waals surface area contributed by atoms with Crippen molar-refractivity contribution in [3.63, 3.8) is 0 Å². The quantitative estimate of drug-likeness (QED) is 0.602. The number of benzene rings is 2. The Hall–Kier alpha value is -2.92. The zero-order valence-electron chi connectivity index (χ0n) is 16.7. The molecule has 1 saturated heterocycles. The fourth-order valence-electron chi connectivity index (χ4n) is 4.32. The van der Waals surface area contributed by atoms with Crippen molar-refractivity contribution in [3.8, 4) is 0 Å². The Morgan fingerprint density at radius 2 is 1.83 bits per heavy atom. The fourth-order valence-corrected chi connectivity index (χ4v) is 4.32. The summed E-state index contributed by atoms with van der Waals surface area (Å²) in [6.45, 7) is 4.59. The molecule has 0 radical (unpaired) electrons. The molecule has 1 saturated carbocycles. The third-order valence-electron chi connectivity index (χ3n) is 5.67. The number of cyclic esters (lactones) is 1. The monoisotopic (exact) mass is 393 g/mol. The molecule has 1 heterocycles. The van der Waals surface area contributed by atoms with E-state index in [1.54, 1.807) is 0 Å². The van der Waals surface area contributed by atoms with E-state index in [9.17, 15) is 9.59 Å². The van der Waals surface area contributed by atoms with Crippen molar-refractivity contribution in [2.75, 3.05) is 19.0 Å². The molecule has 1 amide bonds. The molecule has 1 aliphatic heterocycles. The van der Waals surface area contributed by atoms with E-state index in [4.69, 9.17) is 9.84 Å². The van der Waals surface area contributed by atoms with Crippen LogP contribution in [-0.4, -0.2) is 30.7 Å². The number of rotatable bonds is 5. The third-order valence-corrected chi connectivity index (χ3v) is 5.67. The Balaban J connectivity index is 0.00000117. The minimum Gasteiger partial charge on any atom is -0.465 e. The van der Waals surface area contributed by atoms with Crippen LogP contribution in [0.15, 0.2) is 66.7 Å². The van der Waals surface area contributed by atoms with E-state index in [2.05, 4.69) is 11.9 Å². The van der Waals surface area contributed by atoms with Crippen molar-refractivity contribution in [1.82, 2.24) is 0 Å². The molecule has 2 atom stereocenters. The van der Waals surface area contributed by atoms with Gasteiger partial charge in [0.2, 0.25) is 5.91 Å². The summed E-state index contributed by atoms with van der Waals surface area (Å²) in [6.07, 6.45) is 2.60. The van der Waals surface area contributed by atoms with Crippen molar-refractivity contribution < 1.29 is 19.4 Å². The summed E-state index contributed by atoms with van der Waals surface area (Å²) in [5.41, 5.74) is 3.52. The van der Waals surface area contributed by atoms with Gasteiger partial charge >= 0.3 is 5.97 Å². The van der Waals surface area contributed by atoms with Gasteiger partial charge in [0.25, 0.3) is 0 Å². The van der Waals surface area contributed by atoms with Crippen molar-refractivity contribution in [2.45, 2.75) is 25.7 Å². The summed E-state index contributed by atoms with van der Waals surface area (Å²) < 4.78 is 5.34. The summed E-state index contributed by atoms with van der Waals surface area (Å²) in [5, 5.41) is 9.93. The predicted octanol–water partition coefficient (Wildman–Crippen LogP) is 3.53. The highest BCUT2D eigenvalue weighted by molar-refractivity contribution is 5.92. The molecule has 2 aromatic carbocycles. The molecule has 1 aliphatic carbocycles. The Morgan fingerprint density at radius 3 is 2.52 bits per heavy atom. The van der Waals surface area contributed by atoms with Crippen LogP contribution in [0.25, 0.3) is 0 Å². The number of hydrogen-bond acceptors (Lipinski definition) is 4. The van der Waals surface area contributed by atoms with E-state index in [0.717, 1.165) is 35.9 Å². The average Bonchev–Trinajstić information content (AvgIpc) is 3.19. The molecule has 0 spiro atoms. The molecule has 2 aromatic rings. The summed E-state index contributed by atoms with van der Waals surface area (Å²) in [7, 11) is 1.00. The highest BCUT2D eigenvalue weighted by Gasteiger charge is 2.55. The molecule has 2 N–H and O–H groups in total. The lowest BCUT2D eigenvalue weighted by Gasteiger charge is -2.24. The van der Waals surface area contributed by atoms with E-state index in [0.29, 0.717) is 25.9 Å². The largest absolute Gasteiger partial charge is 0.465 e. The number of amides is 1. The number of nitrogens with one attached hydrogen (secondary N) is 1. The highest BCUT2D eigenvalue weighted by atomic mass is 16.5. The first kappa shape index (κ1) is 20.8. The molecule has 4 rings (SSSR count). The first-order chi connectivity index (χ1) is 14.0. The molecule has 0 bridgehead atoms. The van der Waals surface area contributed by atoms with Crippen molar-refractivity contribution in [3.05, 3.63) is 77.9 Å². The summed E-state index contributed by atoms with van der Waals surface area (Å²) in [6, 6.07) is 17.4. The molecule has 29 heavy (non-hydrogen) atoms. The van der Waals surface area contributed by atoms with Crippen molar-refractivity contribution >= 4 is 17.6 Å². The maximum absolute atomic E-state index is 12.4. The van der Waals surface area contributed by atoms with Crippen LogP contribution in [0.1, 0.15) is 24.0 Å². The summed E-state index contributed by atoms with van der Waals surface area (Å²) in [5.74, 6) is 0.105. The van der Waals surface area contributed by atoms with Crippen LogP contribution in [-0.2, 0) is 27.2 Å². The van der Waals surface area contributed by atoms with Gasteiger partial charge in [0.1, 0.15) is 0 Å². The van der Waals surface area contributed by atoms with Gasteiger partial charge in [0.15, 0.2) is 0 Å². The number of carbonyl (C=O) groups excluding carboxylic acids is 2. The maximum Gasteiger partial charge on any atom is 0.313 e. The van der Waals surface area contributed by atoms with Gasteiger partial charge in [-0.15, -0.1) is 0 Å². The van der Waals surface area contributed by atoms with Crippen LogP contribution in [0.4, 0.5) is 5.69 Å². The van der Waals surface area contributed by atoms with E-state index in [1.807, 2.05) is 54.6 Å². The second-order valence-corrected chi connectivity index (χ2v) is 7.67. The lowest BCUT2D eigenvalue weighted by atomic mass is 9.75. The van der Waals surface area contributed by atoms with Gasteiger partial charge < -0.3 is 15.2 Å². The number of allylic oxidation sites excluding steroid dienone is 1. The number of esters is 1. The number of fused-ring (bicyclic) bond motifs is 1. The lowest BCUT2D eigenvalue weighted by Crippen LogP contribution is -2.31. The van der Waals surface area contributed by atoms with Gasteiger partial charge in [-0.25, -0.2) is 0 Å². The fraction of sp³-hybridized carbons (Fsp3) is 0.333. The van der Waals surface area contributed by atoms with Crippen LogP contribution < -0.4 is 5.32 Å². The van der Waals surface area contributed by atoms with Crippen molar-refractivity contribution in [1.29, 1.82) is 0 Å². The highest BCUT2D eigenvalue weighted by Crippen LogP contribution is 2.52. The predicted molar refractivity (Wildman–Crippen MR) is 112 cm³/mol. The molecule has 2 fully saturated rings. The Kier molecular flexibility index (Phi) is 6.49. The SMILES string of the molecule is C=C1CC2COC(=O)C2(Cc2ccc(NC(=O)Cc3ccccc3)cc2)C1.CO. The van der Waals surface area contributed by atoms with Gasteiger partial charge in [-0.05, 0) is 42.5 Å². The standard InChI is InChI=1S/C23H23NO3.CH4O/c1-16-11-19-15-27-22(26)23(19,13-16)14-18-7-9-20(10-8-18)24-21(25)12-17-5-3-2-4-6-17;1-2/h2-10,19H,1,11-15H2,(H,24,25);2H,1H3. The molecule has 2 unspecified atom stereocenters. The zero-order chi connectivity index (χ0) is 20.9. The minimum atomic E-state index is -0.449. The molecule has 0 aromatic heterocycles.